The number of amides is 2. The molecular weight excluding hydrogens is 294 g/mol. The van der Waals surface area contributed by atoms with E-state index in [1.165, 1.54) is 6.92 Å². The summed E-state index contributed by atoms with van der Waals surface area (Å²) in [6.45, 7) is 9.92. The second-order valence-electron chi connectivity index (χ2n) is 5.60. The van der Waals surface area contributed by atoms with E-state index in [1.807, 2.05) is 25.7 Å². The Labute approximate surface area is 138 Å². The van der Waals surface area contributed by atoms with Gasteiger partial charge in [-0.25, -0.2) is 0 Å². The molecule has 23 heavy (non-hydrogen) atoms. The van der Waals surface area contributed by atoms with Gasteiger partial charge >= 0.3 is 0 Å². The third kappa shape index (κ3) is 8.32. The molecule has 0 bridgehead atoms. The van der Waals surface area contributed by atoms with Crippen molar-refractivity contribution in [3.8, 4) is 0 Å². The zero-order chi connectivity index (χ0) is 17.2. The van der Waals surface area contributed by atoms with Crippen molar-refractivity contribution in [2.45, 2.75) is 33.8 Å². The third-order valence-corrected chi connectivity index (χ3v) is 3.16. The monoisotopic (exact) mass is 321 g/mol. The molecule has 2 N–H and O–H groups in total. The fourth-order valence-corrected chi connectivity index (χ4v) is 2.01. The highest BCUT2D eigenvalue weighted by Crippen LogP contribution is 2.13. The lowest BCUT2D eigenvalue weighted by atomic mass is 10.2. The van der Waals surface area contributed by atoms with Gasteiger partial charge < -0.3 is 15.4 Å². The number of rotatable bonds is 9. The second kappa shape index (κ2) is 9.97. The van der Waals surface area contributed by atoms with Gasteiger partial charge in [-0.05, 0) is 44.7 Å². The number of carbonyl (C=O) groups is 2. The molecule has 0 aliphatic carbocycles. The molecular formula is C17H27N3O3. The van der Waals surface area contributed by atoms with Crippen LogP contribution in [0.5, 0.6) is 0 Å². The number of hydrogen-bond acceptors (Lipinski definition) is 4. The van der Waals surface area contributed by atoms with Crippen LogP contribution in [0, 0.1) is 0 Å². The molecule has 1 aromatic rings. The molecule has 0 unspecified atom stereocenters. The predicted octanol–water partition coefficient (Wildman–Crippen LogP) is 2.33. The van der Waals surface area contributed by atoms with Crippen LogP contribution < -0.4 is 10.6 Å². The molecule has 0 aromatic heterocycles. The van der Waals surface area contributed by atoms with Crippen LogP contribution in [0.15, 0.2) is 24.3 Å². The van der Waals surface area contributed by atoms with Crippen LogP contribution in [-0.2, 0) is 14.3 Å². The lowest BCUT2D eigenvalue weighted by molar-refractivity contribution is -0.117. The normalized spacial score (nSPS) is 10.9. The first-order chi connectivity index (χ1) is 10.9. The predicted molar refractivity (Wildman–Crippen MR) is 92.6 cm³/mol. The van der Waals surface area contributed by atoms with Crippen molar-refractivity contribution in [1.82, 2.24) is 4.90 Å². The van der Waals surface area contributed by atoms with Gasteiger partial charge in [0.1, 0.15) is 0 Å². The zero-order valence-corrected chi connectivity index (χ0v) is 14.4. The number of carbonyl (C=O) groups excluding carboxylic acids is 2. The van der Waals surface area contributed by atoms with E-state index >= 15 is 0 Å². The highest BCUT2D eigenvalue weighted by molar-refractivity contribution is 5.93. The second-order valence-corrected chi connectivity index (χ2v) is 5.60. The number of nitrogens with one attached hydrogen (secondary N) is 2. The molecule has 0 saturated carbocycles. The number of nitrogens with zero attached hydrogens (tertiary/aromatic N) is 1. The van der Waals surface area contributed by atoms with E-state index in [2.05, 4.69) is 10.6 Å². The summed E-state index contributed by atoms with van der Waals surface area (Å²) in [6.07, 6.45) is 0.199. The van der Waals surface area contributed by atoms with Crippen LogP contribution >= 0.6 is 0 Å². The Morgan fingerprint density at radius 1 is 1.13 bits per heavy atom. The van der Waals surface area contributed by atoms with Crippen molar-refractivity contribution >= 4 is 23.2 Å². The number of anilines is 2. The standard InChI is InChI=1S/C17H27N3O3/c1-5-20(10-11-23-13(2)3)12-17(22)19-16-8-6-15(7-9-16)18-14(4)21/h6-9,13H,5,10-12H2,1-4H3,(H,18,21)(H,19,22). The summed E-state index contributed by atoms with van der Waals surface area (Å²) in [6, 6.07) is 7.04. The zero-order valence-electron chi connectivity index (χ0n) is 14.4. The third-order valence-electron chi connectivity index (χ3n) is 3.16. The summed E-state index contributed by atoms with van der Waals surface area (Å²) in [5.41, 5.74) is 1.41. The number of ether oxygens (including phenoxy) is 1. The molecule has 0 spiro atoms. The van der Waals surface area contributed by atoms with Gasteiger partial charge in [-0.3, -0.25) is 14.5 Å². The smallest absolute Gasteiger partial charge is 0.238 e. The first kappa shape index (κ1) is 19.1. The van der Waals surface area contributed by atoms with E-state index in [9.17, 15) is 9.59 Å². The Kier molecular flexibility index (Phi) is 8.29. The van der Waals surface area contributed by atoms with Gasteiger partial charge in [0.15, 0.2) is 0 Å². The topological polar surface area (TPSA) is 70.7 Å². The van der Waals surface area contributed by atoms with Gasteiger partial charge in [0, 0.05) is 24.8 Å². The summed E-state index contributed by atoms with van der Waals surface area (Å²) in [5, 5.41) is 5.54. The van der Waals surface area contributed by atoms with E-state index in [0.717, 1.165) is 13.1 Å². The van der Waals surface area contributed by atoms with Gasteiger partial charge in [0.2, 0.25) is 11.8 Å². The average molecular weight is 321 g/mol. The maximum atomic E-state index is 12.1. The minimum atomic E-state index is -0.121. The summed E-state index contributed by atoms with van der Waals surface area (Å²) in [5.74, 6) is -0.187. The molecule has 6 nitrogen and oxygen atoms in total. The van der Waals surface area contributed by atoms with E-state index in [-0.39, 0.29) is 17.9 Å². The van der Waals surface area contributed by atoms with Gasteiger partial charge in [-0.2, -0.15) is 0 Å². The molecule has 0 saturated heterocycles. The highest BCUT2D eigenvalue weighted by Gasteiger charge is 2.09. The number of benzene rings is 1. The fourth-order valence-electron chi connectivity index (χ4n) is 2.01. The van der Waals surface area contributed by atoms with Crippen molar-refractivity contribution in [1.29, 1.82) is 0 Å². The van der Waals surface area contributed by atoms with Crippen LogP contribution in [0.3, 0.4) is 0 Å². The lowest BCUT2D eigenvalue weighted by Gasteiger charge is -2.20. The lowest BCUT2D eigenvalue weighted by Crippen LogP contribution is -2.35. The van der Waals surface area contributed by atoms with Gasteiger partial charge in [-0.1, -0.05) is 6.92 Å². The van der Waals surface area contributed by atoms with Crippen molar-refractivity contribution in [3.05, 3.63) is 24.3 Å². The van der Waals surface area contributed by atoms with Crippen molar-refractivity contribution in [2.24, 2.45) is 0 Å². The minimum absolute atomic E-state index is 0.0660. The SMILES string of the molecule is CCN(CCOC(C)C)CC(=O)Nc1ccc(NC(C)=O)cc1. The summed E-state index contributed by atoms with van der Waals surface area (Å²) in [4.78, 5) is 25.1. The maximum Gasteiger partial charge on any atom is 0.238 e. The molecule has 0 radical (unpaired) electrons. The quantitative estimate of drug-likeness (QED) is 0.732. The molecule has 0 aliphatic rings. The maximum absolute atomic E-state index is 12.1. The first-order valence-corrected chi connectivity index (χ1v) is 7.92. The minimum Gasteiger partial charge on any atom is -0.377 e. The van der Waals surface area contributed by atoms with Crippen molar-refractivity contribution < 1.29 is 14.3 Å². The van der Waals surface area contributed by atoms with Gasteiger partial charge in [0.25, 0.3) is 0 Å². The molecule has 6 heteroatoms. The van der Waals surface area contributed by atoms with Crippen LogP contribution in [0.4, 0.5) is 11.4 Å². The summed E-state index contributed by atoms with van der Waals surface area (Å²) < 4.78 is 5.51. The van der Waals surface area contributed by atoms with Crippen molar-refractivity contribution in [3.63, 3.8) is 0 Å². The fraction of sp³-hybridized carbons (Fsp3) is 0.529. The Bertz CT molecular complexity index is 500. The van der Waals surface area contributed by atoms with E-state index in [0.29, 0.717) is 24.5 Å². The largest absolute Gasteiger partial charge is 0.377 e. The van der Waals surface area contributed by atoms with Crippen LogP contribution in [0.2, 0.25) is 0 Å². The van der Waals surface area contributed by atoms with E-state index in [4.69, 9.17) is 4.74 Å². The Morgan fingerprint density at radius 3 is 2.17 bits per heavy atom. The molecule has 1 aromatic carbocycles. The van der Waals surface area contributed by atoms with Gasteiger partial charge in [-0.15, -0.1) is 0 Å². The molecule has 2 amide bonds. The number of hydrogen-bond donors (Lipinski definition) is 2. The van der Waals surface area contributed by atoms with Crippen LogP contribution in [-0.4, -0.2) is 49.1 Å². The average Bonchev–Trinajstić information content (AvgIpc) is 2.47. The van der Waals surface area contributed by atoms with E-state index in [1.54, 1.807) is 24.3 Å². The van der Waals surface area contributed by atoms with E-state index < -0.39 is 0 Å². The Balaban J connectivity index is 2.43. The molecule has 0 atom stereocenters. The number of likely N-dealkylation sites (N-methyl/N-ethyl adjacent to an activating group) is 1. The molecule has 128 valence electrons. The molecule has 0 aliphatic heterocycles. The summed E-state index contributed by atoms with van der Waals surface area (Å²) >= 11 is 0. The van der Waals surface area contributed by atoms with Gasteiger partial charge in [0.05, 0.1) is 19.3 Å². The highest BCUT2D eigenvalue weighted by atomic mass is 16.5. The summed E-state index contributed by atoms with van der Waals surface area (Å²) in [7, 11) is 0. The molecule has 1 rings (SSSR count). The van der Waals surface area contributed by atoms with Crippen LogP contribution in [0.25, 0.3) is 0 Å². The Hall–Kier alpha value is -1.92. The van der Waals surface area contributed by atoms with Crippen molar-refractivity contribution in [2.75, 3.05) is 36.9 Å². The van der Waals surface area contributed by atoms with Crippen LogP contribution in [0.1, 0.15) is 27.7 Å². The molecule has 0 heterocycles. The Morgan fingerprint density at radius 2 is 1.70 bits per heavy atom. The molecule has 0 fully saturated rings. The first-order valence-electron chi connectivity index (χ1n) is 7.92.